The minimum atomic E-state index is 1.21. The van der Waals surface area contributed by atoms with E-state index in [9.17, 15) is 0 Å². The summed E-state index contributed by atoms with van der Waals surface area (Å²) in [5, 5.41) is 7.76. The van der Waals surface area contributed by atoms with Gasteiger partial charge in [-0.25, -0.2) is 0 Å². The van der Waals surface area contributed by atoms with Gasteiger partial charge in [-0.1, -0.05) is 164 Å². The van der Waals surface area contributed by atoms with Gasteiger partial charge in [0, 0.05) is 52.0 Å². The lowest BCUT2D eigenvalue weighted by molar-refractivity contribution is 1.20. The Balaban J connectivity index is 1.17. The normalized spacial score (nSPS) is 11.9. The summed E-state index contributed by atoms with van der Waals surface area (Å²) >= 11 is 3.83. The average Bonchev–Trinajstić information content (AvgIpc) is 3.97. The van der Waals surface area contributed by atoms with Crippen LogP contribution in [-0.4, -0.2) is 4.57 Å². The van der Waals surface area contributed by atoms with Gasteiger partial charge in [0.25, 0.3) is 0 Å². The number of hydrogen-bond donors (Lipinski definition) is 0. The first kappa shape index (κ1) is 32.5. The standard InChI is InChI=1S/C54H33NS2/c1-4-14-34(15-5-1)37-26-30-47-45(32-37)46-33-38(35-16-6-2-7-17-35)27-31-48(46)55(47)49-24-13-23-44-51-41(29-28-39(54(51)57-53(44)49)36-18-8-3-9-19-36)43-22-12-21-42-40-20-10-11-25-50(40)56-52(42)43/h1-33H. The molecule has 3 heterocycles. The molecule has 0 aliphatic rings. The summed E-state index contributed by atoms with van der Waals surface area (Å²) in [5.41, 5.74) is 13.6. The summed E-state index contributed by atoms with van der Waals surface area (Å²) in [6, 6.07) is 73.7. The van der Waals surface area contributed by atoms with Crippen molar-refractivity contribution in [3.8, 4) is 50.2 Å². The highest BCUT2D eigenvalue weighted by atomic mass is 32.1. The van der Waals surface area contributed by atoms with E-state index in [0.29, 0.717) is 0 Å². The first-order chi connectivity index (χ1) is 28.3. The van der Waals surface area contributed by atoms with E-state index < -0.39 is 0 Å². The SMILES string of the molecule is c1ccc(-c2ccc3c(c2)c2cc(-c4ccccc4)ccc2n3-c2cccc3c2sc2c(-c4ccccc4)ccc(-c4cccc5c4sc4ccccc45)c23)cc1. The topological polar surface area (TPSA) is 4.93 Å². The number of rotatable bonds is 5. The van der Waals surface area contributed by atoms with Gasteiger partial charge in [-0.3, -0.25) is 0 Å². The summed E-state index contributed by atoms with van der Waals surface area (Å²) in [5.74, 6) is 0. The van der Waals surface area contributed by atoms with Crippen LogP contribution in [0, 0.1) is 0 Å². The number of nitrogens with zero attached hydrogens (tertiary/aromatic N) is 1. The average molecular weight is 760 g/mol. The lowest BCUT2D eigenvalue weighted by atomic mass is 9.94. The molecule has 0 bridgehead atoms. The lowest BCUT2D eigenvalue weighted by Crippen LogP contribution is -1.94. The summed E-state index contributed by atoms with van der Waals surface area (Å²) in [6.45, 7) is 0. The second-order valence-corrected chi connectivity index (χ2v) is 16.9. The van der Waals surface area contributed by atoms with E-state index in [-0.39, 0.29) is 0 Å². The third kappa shape index (κ3) is 5.06. The first-order valence-electron chi connectivity index (χ1n) is 19.4. The van der Waals surface area contributed by atoms with Gasteiger partial charge in [0.2, 0.25) is 0 Å². The van der Waals surface area contributed by atoms with Gasteiger partial charge < -0.3 is 4.57 Å². The van der Waals surface area contributed by atoms with E-state index in [1.165, 1.54) is 112 Å². The molecule has 12 rings (SSSR count). The Hall–Kier alpha value is -6.78. The van der Waals surface area contributed by atoms with Crippen LogP contribution in [0.1, 0.15) is 0 Å². The van der Waals surface area contributed by atoms with Crippen LogP contribution in [0.4, 0.5) is 0 Å². The largest absolute Gasteiger partial charge is 0.308 e. The van der Waals surface area contributed by atoms with Crippen LogP contribution >= 0.6 is 22.7 Å². The number of aromatic nitrogens is 1. The predicted molar refractivity (Wildman–Crippen MR) is 248 cm³/mol. The third-order valence-corrected chi connectivity index (χ3v) is 14.1. The minimum Gasteiger partial charge on any atom is -0.308 e. The van der Waals surface area contributed by atoms with Crippen molar-refractivity contribution in [2.45, 2.75) is 0 Å². The van der Waals surface area contributed by atoms with E-state index in [0.717, 1.165) is 0 Å². The summed E-state index contributed by atoms with van der Waals surface area (Å²) in [6.07, 6.45) is 0. The minimum absolute atomic E-state index is 1.21. The molecule has 3 aromatic heterocycles. The Kier molecular flexibility index (Phi) is 7.34. The molecule has 0 N–H and O–H groups in total. The molecule has 57 heavy (non-hydrogen) atoms. The van der Waals surface area contributed by atoms with Gasteiger partial charge >= 0.3 is 0 Å². The first-order valence-corrected chi connectivity index (χ1v) is 21.1. The van der Waals surface area contributed by atoms with Crippen LogP contribution in [-0.2, 0) is 0 Å². The summed E-state index contributed by atoms with van der Waals surface area (Å²) in [4.78, 5) is 0. The second kappa shape index (κ2) is 12.9. The molecule has 0 aliphatic carbocycles. The second-order valence-electron chi connectivity index (χ2n) is 14.8. The molecule has 0 radical (unpaired) electrons. The molecule has 0 amide bonds. The highest BCUT2D eigenvalue weighted by Crippen LogP contribution is 2.50. The van der Waals surface area contributed by atoms with Gasteiger partial charge in [-0.2, -0.15) is 0 Å². The Morgan fingerprint density at radius 3 is 1.54 bits per heavy atom. The fourth-order valence-electron chi connectivity index (χ4n) is 9.00. The maximum absolute atomic E-state index is 2.51. The van der Waals surface area contributed by atoms with Crippen molar-refractivity contribution in [1.29, 1.82) is 0 Å². The molecule has 9 aromatic carbocycles. The molecule has 0 saturated heterocycles. The van der Waals surface area contributed by atoms with Crippen molar-refractivity contribution in [1.82, 2.24) is 4.57 Å². The van der Waals surface area contributed by atoms with Gasteiger partial charge in [-0.15, -0.1) is 22.7 Å². The van der Waals surface area contributed by atoms with Crippen LogP contribution in [0.15, 0.2) is 200 Å². The molecule has 0 aliphatic heterocycles. The predicted octanol–water partition coefficient (Wildman–Crippen LogP) is 16.2. The molecule has 1 nitrogen and oxygen atoms in total. The molecule has 266 valence electrons. The Morgan fingerprint density at radius 2 is 0.860 bits per heavy atom. The molecule has 0 saturated carbocycles. The third-order valence-electron chi connectivity index (χ3n) is 11.6. The molecular weight excluding hydrogens is 727 g/mol. The quantitative estimate of drug-likeness (QED) is 0.165. The van der Waals surface area contributed by atoms with Crippen LogP contribution in [0.3, 0.4) is 0 Å². The van der Waals surface area contributed by atoms with Gasteiger partial charge in [-0.05, 0) is 75.3 Å². The number of benzene rings is 9. The van der Waals surface area contributed by atoms with Crippen LogP contribution in [0.2, 0.25) is 0 Å². The Morgan fingerprint density at radius 1 is 0.298 bits per heavy atom. The van der Waals surface area contributed by atoms with E-state index in [4.69, 9.17) is 0 Å². The van der Waals surface area contributed by atoms with Crippen LogP contribution in [0.25, 0.3) is 112 Å². The zero-order valence-electron chi connectivity index (χ0n) is 30.8. The monoisotopic (exact) mass is 759 g/mol. The molecule has 3 heteroatoms. The van der Waals surface area contributed by atoms with Gasteiger partial charge in [0.15, 0.2) is 0 Å². The number of hydrogen-bond acceptors (Lipinski definition) is 2. The molecule has 0 fully saturated rings. The summed E-state index contributed by atoms with van der Waals surface area (Å²) < 4.78 is 7.79. The van der Waals surface area contributed by atoms with Crippen LogP contribution < -0.4 is 0 Å². The number of fused-ring (bicyclic) bond motifs is 9. The molecule has 0 atom stereocenters. The molecule has 0 spiro atoms. The van der Waals surface area contributed by atoms with Crippen molar-refractivity contribution >= 4 is 84.8 Å². The molecular formula is C54H33NS2. The molecule has 0 unspecified atom stereocenters. The van der Waals surface area contributed by atoms with Crippen molar-refractivity contribution in [3.05, 3.63) is 200 Å². The van der Waals surface area contributed by atoms with Gasteiger partial charge in [0.1, 0.15) is 0 Å². The van der Waals surface area contributed by atoms with E-state index in [1.807, 2.05) is 22.7 Å². The van der Waals surface area contributed by atoms with E-state index in [1.54, 1.807) is 0 Å². The maximum Gasteiger partial charge on any atom is 0.0640 e. The maximum atomic E-state index is 2.51. The van der Waals surface area contributed by atoms with Crippen molar-refractivity contribution in [2.24, 2.45) is 0 Å². The van der Waals surface area contributed by atoms with Crippen molar-refractivity contribution in [3.63, 3.8) is 0 Å². The highest BCUT2D eigenvalue weighted by molar-refractivity contribution is 7.27. The van der Waals surface area contributed by atoms with Gasteiger partial charge in [0.05, 0.1) is 21.4 Å². The highest BCUT2D eigenvalue weighted by Gasteiger charge is 2.22. The lowest BCUT2D eigenvalue weighted by Gasteiger charge is -2.11. The fourth-order valence-corrected chi connectivity index (χ4v) is 11.6. The van der Waals surface area contributed by atoms with Crippen molar-refractivity contribution < 1.29 is 0 Å². The van der Waals surface area contributed by atoms with E-state index >= 15 is 0 Å². The zero-order chi connectivity index (χ0) is 37.5. The van der Waals surface area contributed by atoms with E-state index in [2.05, 4.69) is 205 Å². The summed E-state index contributed by atoms with van der Waals surface area (Å²) in [7, 11) is 0. The van der Waals surface area contributed by atoms with Crippen LogP contribution in [0.5, 0.6) is 0 Å². The smallest absolute Gasteiger partial charge is 0.0640 e. The zero-order valence-corrected chi connectivity index (χ0v) is 32.4. The Bertz CT molecular complexity index is 3400. The molecule has 12 aromatic rings. The van der Waals surface area contributed by atoms with Crippen molar-refractivity contribution in [2.75, 3.05) is 0 Å². The Labute approximate surface area is 338 Å². The fraction of sp³-hybridized carbons (Fsp3) is 0. The number of thiophene rings is 2.